The number of benzene rings is 1. The number of carboxylic acid groups (broad SMARTS) is 1. The van der Waals surface area contributed by atoms with E-state index in [0.29, 0.717) is 5.75 Å². The minimum Gasteiger partial charge on any atom is -0.496 e. The molecule has 71 valence electrons. The molecule has 1 aromatic heterocycles. The normalized spacial score (nSPS) is 10.4. The molecule has 1 heterocycles. The summed E-state index contributed by atoms with van der Waals surface area (Å²) < 4.78 is 4.97. The van der Waals surface area contributed by atoms with Crippen LogP contribution >= 0.6 is 0 Å². The summed E-state index contributed by atoms with van der Waals surface area (Å²) in [6, 6.07) is 6.11. The standard InChI is InChI=1S/C10H8NO3/c1-14-9-4-6-2-3-11-8(6)5-7(9)10(12)13/h3-5,11H,1H3,(H,12,13). The van der Waals surface area contributed by atoms with Crippen LogP contribution in [0.5, 0.6) is 5.75 Å². The molecule has 2 rings (SSSR count). The van der Waals surface area contributed by atoms with Gasteiger partial charge in [-0.25, -0.2) is 4.79 Å². The summed E-state index contributed by atoms with van der Waals surface area (Å²) in [7, 11) is 1.44. The second-order valence-corrected chi connectivity index (χ2v) is 2.84. The van der Waals surface area contributed by atoms with Gasteiger partial charge in [-0.2, -0.15) is 0 Å². The minimum absolute atomic E-state index is 0.149. The number of methoxy groups -OCH3 is 1. The van der Waals surface area contributed by atoms with E-state index < -0.39 is 5.97 Å². The van der Waals surface area contributed by atoms with E-state index in [1.807, 2.05) is 0 Å². The van der Waals surface area contributed by atoms with Crippen molar-refractivity contribution >= 4 is 16.9 Å². The highest BCUT2D eigenvalue weighted by Gasteiger charge is 2.12. The molecule has 0 bridgehead atoms. The van der Waals surface area contributed by atoms with Crippen LogP contribution in [0.15, 0.2) is 18.3 Å². The van der Waals surface area contributed by atoms with E-state index in [1.54, 1.807) is 12.3 Å². The summed E-state index contributed by atoms with van der Waals surface area (Å²) in [5.41, 5.74) is 0.888. The van der Waals surface area contributed by atoms with Gasteiger partial charge in [-0.15, -0.1) is 0 Å². The molecule has 14 heavy (non-hydrogen) atoms. The van der Waals surface area contributed by atoms with Gasteiger partial charge in [0, 0.05) is 23.2 Å². The lowest BCUT2D eigenvalue weighted by Gasteiger charge is -2.04. The Morgan fingerprint density at radius 3 is 3.00 bits per heavy atom. The maximum atomic E-state index is 10.8. The summed E-state index contributed by atoms with van der Waals surface area (Å²) in [5, 5.41) is 9.70. The predicted molar refractivity (Wildman–Crippen MR) is 50.6 cm³/mol. The Hall–Kier alpha value is -1.97. The van der Waals surface area contributed by atoms with Crippen molar-refractivity contribution in [1.82, 2.24) is 4.98 Å². The van der Waals surface area contributed by atoms with Crippen LogP contribution in [0, 0.1) is 6.07 Å². The molecule has 0 spiro atoms. The molecule has 0 amide bonds. The Morgan fingerprint density at radius 2 is 2.36 bits per heavy atom. The Morgan fingerprint density at radius 1 is 1.57 bits per heavy atom. The lowest BCUT2D eigenvalue weighted by atomic mass is 10.1. The van der Waals surface area contributed by atoms with Crippen molar-refractivity contribution in [2.45, 2.75) is 0 Å². The van der Waals surface area contributed by atoms with Gasteiger partial charge in [0.2, 0.25) is 0 Å². The van der Waals surface area contributed by atoms with Crippen molar-refractivity contribution in [3.63, 3.8) is 0 Å². The second kappa shape index (κ2) is 3.06. The molecule has 0 unspecified atom stereocenters. The van der Waals surface area contributed by atoms with Crippen molar-refractivity contribution < 1.29 is 14.6 Å². The molecule has 1 radical (unpaired) electrons. The first-order valence-electron chi connectivity index (χ1n) is 4.02. The monoisotopic (exact) mass is 190 g/mol. The van der Waals surface area contributed by atoms with Crippen LogP contribution in [0.1, 0.15) is 10.4 Å². The Bertz CT molecular complexity index is 487. The Kier molecular flexibility index (Phi) is 1.89. The van der Waals surface area contributed by atoms with Gasteiger partial charge >= 0.3 is 5.97 Å². The highest BCUT2D eigenvalue weighted by atomic mass is 16.5. The van der Waals surface area contributed by atoms with Crippen LogP contribution in [0.4, 0.5) is 0 Å². The number of aromatic nitrogens is 1. The number of rotatable bonds is 2. The summed E-state index contributed by atoms with van der Waals surface area (Å²) >= 11 is 0. The van der Waals surface area contributed by atoms with Gasteiger partial charge in [-0.1, -0.05) is 0 Å². The molecule has 2 aromatic rings. The zero-order chi connectivity index (χ0) is 10.1. The van der Waals surface area contributed by atoms with Gasteiger partial charge in [0.15, 0.2) is 0 Å². The summed E-state index contributed by atoms with van der Waals surface area (Å²) in [6.07, 6.45) is 1.63. The Labute approximate surface area is 80.1 Å². The minimum atomic E-state index is -1.00. The SMILES string of the molecule is COc1cc2[c]c[nH]c2cc1C(=O)O. The fourth-order valence-electron chi connectivity index (χ4n) is 1.35. The molecule has 4 heteroatoms. The van der Waals surface area contributed by atoms with Crippen molar-refractivity contribution in [3.8, 4) is 5.75 Å². The fraction of sp³-hybridized carbons (Fsp3) is 0.100. The molecule has 0 aliphatic rings. The number of aromatic carboxylic acids is 1. The fourth-order valence-corrected chi connectivity index (χ4v) is 1.35. The molecule has 0 fully saturated rings. The third-order valence-electron chi connectivity index (χ3n) is 2.03. The van der Waals surface area contributed by atoms with Crippen molar-refractivity contribution in [1.29, 1.82) is 0 Å². The van der Waals surface area contributed by atoms with E-state index in [2.05, 4.69) is 11.1 Å². The molecule has 0 aliphatic heterocycles. The zero-order valence-electron chi connectivity index (χ0n) is 7.50. The number of H-pyrrole nitrogens is 1. The van der Waals surface area contributed by atoms with Gasteiger partial charge in [0.1, 0.15) is 11.3 Å². The highest BCUT2D eigenvalue weighted by Crippen LogP contribution is 2.24. The predicted octanol–water partition coefficient (Wildman–Crippen LogP) is 1.67. The van der Waals surface area contributed by atoms with Crippen molar-refractivity contribution in [2.24, 2.45) is 0 Å². The van der Waals surface area contributed by atoms with E-state index in [9.17, 15) is 4.79 Å². The van der Waals surface area contributed by atoms with Gasteiger partial charge in [0.05, 0.1) is 7.11 Å². The van der Waals surface area contributed by atoms with Crippen LogP contribution in [-0.2, 0) is 0 Å². The lowest BCUT2D eigenvalue weighted by molar-refractivity contribution is 0.0693. The van der Waals surface area contributed by atoms with Gasteiger partial charge in [-0.3, -0.25) is 0 Å². The summed E-state index contributed by atoms with van der Waals surface area (Å²) in [6.45, 7) is 0. The number of fused-ring (bicyclic) bond motifs is 1. The second-order valence-electron chi connectivity index (χ2n) is 2.84. The molecular weight excluding hydrogens is 182 g/mol. The van der Waals surface area contributed by atoms with Crippen LogP contribution in [0.3, 0.4) is 0 Å². The maximum Gasteiger partial charge on any atom is 0.339 e. The third-order valence-corrected chi connectivity index (χ3v) is 2.03. The average Bonchev–Trinajstić information content (AvgIpc) is 2.62. The first kappa shape index (κ1) is 8.62. The van der Waals surface area contributed by atoms with Crippen LogP contribution < -0.4 is 4.74 Å². The maximum absolute atomic E-state index is 10.8. The largest absolute Gasteiger partial charge is 0.496 e. The first-order valence-corrected chi connectivity index (χ1v) is 4.02. The van der Waals surface area contributed by atoms with Crippen LogP contribution in [0.2, 0.25) is 0 Å². The van der Waals surface area contributed by atoms with Crippen molar-refractivity contribution in [2.75, 3.05) is 7.11 Å². The smallest absolute Gasteiger partial charge is 0.339 e. The number of hydrogen-bond donors (Lipinski definition) is 2. The lowest BCUT2D eigenvalue weighted by Crippen LogP contribution is -2.00. The molecule has 1 aromatic carbocycles. The van der Waals surface area contributed by atoms with Crippen molar-refractivity contribution in [3.05, 3.63) is 30.0 Å². The molecule has 2 N–H and O–H groups in total. The first-order chi connectivity index (χ1) is 6.72. The summed E-state index contributed by atoms with van der Waals surface area (Å²) in [4.78, 5) is 13.7. The van der Waals surface area contributed by atoms with E-state index in [-0.39, 0.29) is 5.56 Å². The topological polar surface area (TPSA) is 62.3 Å². The number of nitrogens with one attached hydrogen (secondary N) is 1. The highest BCUT2D eigenvalue weighted by molar-refractivity contribution is 5.96. The van der Waals surface area contributed by atoms with E-state index in [0.717, 1.165) is 10.9 Å². The molecule has 4 nitrogen and oxygen atoms in total. The average molecular weight is 190 g/mol. The quantitative estimate of drug-likeness (QED) is 0.757. The number of hydrogen-bond acceptors (Lipinski definition) is 2. The van der Waals surface area contributed by atoms with Gasteiger partial charge in [0.25, 0.3) is 0 Å². The molecule has 0 aliphatic carbocycles. The zero-order valence-corrected chi connectivity index (χ0v) is 7.50. The number of carbonyl (C=O) groups is 1. The number of carboxylic acids is 1. The van der Waals surface area contributed by atoms with E-state index >= 15 is 0 Å². The van der Waals surface area contributed by atoms with Crippen LogP contribution in [-0.4, -0.2) is 23.2 Å². The molecule has 0 saturated heterocycles. The van der Waals surface area contributed by atoms with E-state index in [4.69, 9.17) is 9.84 Å². The molecular formula is C10H8NO3. The molecule has 0 saturated carbocycles. The summed E-state index contributed by atoms with van der Waals surface area (Å²) in [5.74, 6) is -0.654. The van der Waals surface area contributed by atoms with Gasteiger partial charge < -0.3 is 14.8 Å². The van der Waals surface area contributed by atoms with Gasteiger partial charge in [-0.05, 0) is 12.1 Å². The molecule has 0 atom stereocenters. The number of aromatic amines is 1. The van der Waals surface area contributed by atoms with Crippen LogP contribution in [0.25, 0.3) is 10.9 Å². The van der Waals surface area contributed by atoms with E-state index in [1.165, 1.54) is 13.2 Å². The Balaban J connectivity index is 2.72. The number of ether oxygens (including phenoxy) is 1. The third kappa shape index (κ3) is 1.21.